The van der Waals surface area contributed by atoms with Crippen LogP contribution in [0, 0.1) is 20.8 Å². The van der Waals surface area contributed by atoms with Crippen LogP contribution in [0.4, 0.5) is 0 Å². The highest BCUT2D eigenvalue weighted by molar-refractivity contribution is 7.20. The third kappa shape index (κ3) is 3.84. The minimum Gasteiger partial charge on any atom is -0.271 e. The van der Waals surface area contributed by atoms with Crippen LogP contribution in [0.1, 0.15) is 44.8 Å². The van der Waals surface area contributed by atoms with Gasteiger partial charge in [-0.1, -0.05) is 30.3 Å². The Morgan fingerprint density at radius 3 is 2.59 bits per heavy atom. The minimum absolute atomic E-state index is 0.0391. The molecule has 2 unspecified atom stereocenters. The van der Waals surface area contributed by atoms with Gasteiger partial charge in [0.2, 0.25) is 0 Å². The molecule has 29 heavy (non-hydrogen) atoms. The number of rotatable bonds is 3. The number of aromatic nitrogens is 2. The molecule has 1 fully saturated rings. The Bertz CT molecular complexity index is 1080. The van der Waals surface area contributed by atoms with E-state index >= 15 is 0 Å². The van der Waals surface area contributed by atoms with Gasteiger partial charge in [-0.2, -0.15) is 0 Å². The fraction of sp³-hybridized carbons (Fsp3) is 0.300. The first-order chi connectivity index (χ1) is 13.9. The molecule has 1 aromatic carbocycles. The average Bonchev–Trinajstić information content (AvgIpc) is 3.32. The number of thiophene rings is 1. The third-order valence-corrected chi connectivity index (χ3v) is 6.19. The van der Waals surface area contributed by atoms with Crippen LogP contribution in [0.5, 0.6) is 0 Å². The maximum Gasteiger partial charge on any atom is 0.280 e. The Hall–Kier alpha value is -2.88. The molecule has 2 aromatic heterocycles. The molecule has 1 aliphatic heterocycles. The second-order valence-corrected chi connectivity index (χ2v) is 8.08. The molecular weight excluding hydrogens is 388 g/mol. The molecule has 9 heteroatoms. The first kappa shape index (κ1) is 19.4. The summed E-state index contributed by atoms with van der Waals surface area (Å²) in [6.07, 6.45) is 0.585. The van der Waals surface area contributed by atoms with Crippen molar-refractivity contribution in [2.45, 2.75) is 39.3 Å². The molecule has 3 aromatic rings. The molecule has 8 nitrogen and oxygen atoms in total. The zero-order valence-electron chi connectivity index (χ0n) is 16.4. The average molecular weight is 411 g/mol. The number of fused-ring (bicyclic) bond motifs is 1. The molecule has 0 bridgehead atoms. The fourth-order valence-corrected chi connectivity index (χ4v) is 4.76. The zero-order valence-corrected chi connectivity index (χ0v) is 17.2. The number of nitrogens with one attached hydrogen (secondary N) is 4. The summed E-state index contributed by atoms with van der Waals surface area (Å²) in [5, 5.41) is 0.893. The summed E-state index contributed by atoms with van der Waals surface area (Å²) >= 11 is 1.30. The second kappa shape index (κ2) is 7.86. The predicted molar refractivity (Wildman–Crippen MR) is 111 cm³/mol. The van der Waals surface area contributed by atoms with E-state index in [1.54, 1.807) is 0 Å². The lowest BCUT2D eigenvalue weighted by Crippen LogP contribution is -2.50. The molecule has 1 aliphatic rings. The number of aryl methyl sites for hydroxylation is 3. The van der Waals surface area contributed by atoms with Crippen molar-refractivity contribution in [3.63, 3.8) is 0 Å². The Morgan fingerprint density at radius 2 is 1.83 bits per heavy atom. The number of hydrogen-bond acceptors (Lipinski definition) is 7. The topological polar surface area (TPSA) is 108 Å². The van der Waals surface area contributed by atoms with E-state index in [1.807, 2.05) is 51.1 Å². The van der Waals surface area contributed by atoms with Gasteiger partial charge in [-0.05, 0) is 38.3 Å². The Morgan fingerprint density at radius 1 is 1.07 bits per heavy atom. The molecule has 0 aliphatic carbocycles. The van der Waals surface area contributed by atoms with Crippen molar-refractivity contribution < 1.29 is 9.59 Å². The fourth-order valence-electron chi connectivity index (χ4n) is 3.58. The van der Waals surface area contributed by atoms with Crippen LogP contribution in [-0.2, 0) is 4.79 Å². The van der Waals surface area contributed by atoms with E-state index in [1.165, 1.54) is 11.3 Å². The van der Waals surface area contributed by atoms with E-state index in [-0.39, 0.29) is 17.9 Å². The lowest BCUT2D eigenvalue weighted by Gasteiger charge is -2.11. The number of hydrazine groups is 2. The van der Waals surface area contributed by atoms with Crippen LogP contribution in [0.25, 0.3) is 10.2 Å². The molecular formula is C20H22N6O2S. The molecule has 2 atom stereocenters. The van der Waals surface area contributed by atoms with Crippen molar-refractivity contribution >= 4 is 33.4 Å². The maximum atomic E-state index is 12.6. The van der Waals surface area contributed by atoms with E-state index in [2.05, 4.69) is 31.7 Å². The van der Waals surface area contributed by atoms with Crippen molar-refractivity contribution in [2.75, 3.05) is 0 Å². The molecule has 150 valence electrons. The number of nitrogens with zero attached hydrogens (tertiary/aromatic N) is 2. The highest BCUT2D eigenvalue weighted by Gasteiger charge is 2.30. The van der Waals surface area contributed by atoms with Gasteiger partial charge in [0.05, 0.1) is 4.88 Å². The number of carbonyl (C=O) groups excluding carboxylic acids is 2. The lowest BCUT2D eigenvalue weighted by molar-refractivity contribution is -0.123. The van der Waals surface area contributed by atoms with E-state index in [0.29, 0.717) is 17.1 Å². The molecule has 1 saturated heterocycles. The Kier molecular flexibility index (Phi) is 5.27. The van der Waals surface area contributed by atoms with Gasteiger partial charge in [-0.3, -0.25) is 20.4 Å². The van der Waals surface area contributed by atoms with Crippen LogP contribution in [0.3, 0.4) is 0 Å². The minimum atomic E-state index is -0.445. The van der Waals surface area contributed by atoms with Gasteiger partial charge in [-0.25, -0.2) is 20.8 Å². The van der Waals surface area contributed by atoms with Crippen molar-refractivity contribution in [1.29, 1.82) is 0 Å². The number of carbonyl (C=O) groups is 2. The van der Waals surface area contributed by atoms with Crippen molar-refractivity contribution in [3.05, 3.63) is 57.9 Å². The first-order valence-corrected chi connectivity index (χ1v) is 10.2. The molecule has 2 amide bonds. The van der Waals surface area contributed by atoms with Crippen LogP contribution in [0.15, 0.2) is 30.3 Å². The summed E-state index contributed by atoms with van der Waals surface area (Å²) in [6.45, 7) is 5.60. The first-order valence-electron chi connectivity index (χ1n) is 9.34. The van der Waals surface area contributed by atoms with Gasteiger partial charge >= 0.3 is 0 Å². The predicted octanol–water partition coefficient (Wildman–Crippen LogP) is 1.99. The molecule has 0 spiro atoms. The van der Waals surface area contributed by atoms with Crippen LogP contribution >= 0.6 is 11.3 Å². The largest absolute Gasteiger partial charge is 0.280 e. The summed E-state index contributed by atoms with van der Waals surface area (Å²) in [5.41, 5.74) is 13.9. The summed E-state index contributed by atoms with van der Waals surface area (Å²) in [4.78, 5) is 35.2. The molecule has 3 heterocycles. The number of hydrogen-bond donors (Lipinski definition) is 4. The molecule has 0 saturated carbocycles. The van der Waals surface area contributed by atoms with Crippen molar-refractivity contribution in [2.24, 2.45) is 0 Å². The van der Waals surface area contributed by atoms with Gasteiger partial charge in [0, 0.05) is 17.1 Å². The number of amides is 2. The monoisotopic (exact) mass is 410 g/mol. The smallest absolute Gasteiger partial charge is 0.271 e. The summed E-state index contributed by atoms with van der Waals surface area (Å²) in [7, 11) is 0. The maximum absolute atomic E-state index is 12.6. The van der Waals surface area contributed by atoms with E-state index in [9.17, 15) is 9.59 Å². The van der Waals surface area contributed by atoms with Gasteiger partial charge < -0.3 is 0 Å². The Labute approximate surface area is 172 Å². The molecule has 0 radical (unpaired) electrons. The standard InChI is InChI=1S/C20H22N6O2S/c1-10-16-11(2)21-12(3)22-20(16)29-17(10)19(28)26-25-18(27)15-9-14(23-24-15)13-7-5-4-6-8-13/h4-8,14-15,23-24H,9H2,1-3H3,(H,25,27)(H,26,28). The van der Waals surface area contributed by atoms with Gasteiger partial charge in [0.25, 0.3) is 11.8 Å². The molecule has 4 N–H and O–H groups in total. The van der Waals surface area contributed by atoms with Crippen LogP contribution in [-0.4, -0.2) is 27.8 Å². The van der Waals surface area contributed by atoms with Crippen LogP contribution in [0.2, 0.25) is 0 Å². The summed E-state index contributed by atoms with van der Waals surface area (Å²) in [6, 6.07) is 9.50. The summed E-state index contributed by atoms with van der Waals surface area (Å²) in [5.74, 6) is 0.0145. The van der Waals surface area contributed by atoms with E-state index in [4.69, 9.17) is 0 Å². The van der Waals surface area contributed by atoms with E-state index < -0.39 is 6.04 Å². The highest BCUT2D eigenvalue weighted by atomic mass is 32.1. The molecule has 4 rings (SSSR count). The van der Waals surface area contributed by atoms with E-state index in [0.717, 1.165) is 27.0 Å². The van der Waals surface area contributed by atoms with Gasteiger partial charge in [0.15, 0.2) is 0 Å². The summed E-state index contributed by atoms with van der Waals surface area (Å²) < 4.78 is 0. The SMILES string of the molecule is Cc1nc(C)c2c(C)c(C(=O)NNC(=O)C3CC(c4ccccc4)NN3)sc2n1. The normalized spacial score (nSPS) is 18.7. The third-order valence-electron chi connectivity index (χ3n) is 5.01. The zero-order chi connectivity index (χ0) is 20.5. The Balaban J connectivity index is 1.40. The van der Waals surface area contributed by atoms with Gasteiger partial charge in [-0.15, -0.1) is 11.3 Å². The highest BCUT2D eigenvalue weighted by Crippen LogP contribution is 2.31. The quantitative estimate of drug-likeness (QED) is 0.492. The van der Waals surface area contributed by atoms with Crippen LogP contribution < -0.4 is 21.7 Å². The number of benzene rings is 1. The van der Waals surface area contributed by atoms with Crippen molar-refractivity contribution in [1.82, 2.24) is 31.7 Å². The van der Waals surface area contributed by atoms with Crippen molar-refractivity contribution in [3.8, 4) is 0 Å². The van der Waals surface area contributed by atoms with Gasteiger partial charge in [0.1, 0.15) is 16.7 Å². The lowest BCUT2D eigenvalue weighted by atomic mass is 10.0. The second-order valence-electron chi connectivity index (χ2n) is 7.08.